The number of carboxylic acid groups (broad SMARTS) is 1. The third-order valence-electron chi connectivity index (χ3n) is 8.66. The highest BCUT2D eigenvalue weighted by atomic mass is 16.5. The number of unbranched alkanes of at least 4 members (excludes halogenated alkanes) is 1. The zero-order valence-electron chi connectivity index (χ0n) is 25.1. The average molecular weight is 605 g/mol. The van der Waals surface area contributed by atoms with Crippen LogP contribution in [-0.4, -0.2) is 54.3 Å². The molecule has 6 rings (SSSR count). The van der Waals surface area contributed by atoms with Crippen molar-refractivity contribution in [2.24, 2.45) is 0 Å². The van der Waals surface area contributed by atoms with E-state index in [-0.39, 0.29) is 31.5 Å². The Kier molecular flexibility index (Phi) is 8.82. The molecule has 8 heteroatoms. The summed E-state index contributed by atoms with van der Waals surface area (Å²) in [6.07, 6.45) is 1.35. The van der Waals surface area contributed by atoms with Crippen LogP contribution < -0.4 is 10.1 Å². The van der Waals surface area contributed by atoms with E-state index < -0.39 is 24.0 Å². The number of carbonyl (C=O) groups is 3. The Hall–Kier alpha value is -5.11. The van der Waals surface area contributed by atoms with Crippen molar-refractivity contribution in [3.05, 3.63) is 125 Å². The second-order valence-corrected chi connectivity index (χ2v) is 11.4. The van der Waals surface area contributed by atoms with E-state index in [4.69, 9.17) is 9.47 Å². The molecule has 2 aliphatic rings. The Bertz CT molecular complexity index is 1660. The fourth-order valence-corrected chi connectivity index (χ4v) is 6.50. The van der Waals surface area contributed by atoms with E-state index in [2.05, 4.69) is 36.5 Å². The zero-order valence-corrected chi connectivity index (χ0v) is 25.1. The smallest absolute Gasteiger partial charge is 0.407 e. The molecule has 2 atom stereocenters. The van der Waals surface area contributed by atoms with Gasteiger partial charge in [0.15, 0.2) is 0 Å². The molecule has 0 saturated heterocycles. The maximum Gasteiger partial charge on any atom is 0.407 e. The number of benzene rings is 4. The van der Waals surface area contributed by atoms with Crippen LogP contribution >= 0.6 is 0 Å². The number of hydrogen-bond acceptors (Lipinski definition) is 5. The number of ether oxygens (including phenoxy) is 2. The van der Waals surface area contributed by atoms with Gasteiger partial charge in [-0.25, -0.2) is 4.79 Å². The molecule has 0 fully saturated rings. The maximum atomic E-state index is 13.8. The fourth-order valence-electron chi connectivity index (χ4n) is 6.50. The first kappa shape index (κ1) is 29.9. The molecule has 2 N–H and O–H groups in total. The van der Waals surface area contributed by atoms with Crippen LogP contribution in [0.5, 0.6) is 5.75 Å². The van der Waals surface area contributed by atoms with Crippen molar-refractivity contribution in [3.63, 3.8) is 0 Å². The van der Waals surface area contributed by atoms with Crippen molar-refractivity contribution >= 4 is 18.0 Å². The molecule has 0 radical (unpaired) electrons. The van der Waals surface area contributed by atoms with Gasteiger partial charge in [0, 0.05) is 24.6 Å². The van der Waals surface area contributed by atoms with Crippen LogP contribution in [0.2, 0.25) is 0 Å². The monoisotopic (exact) mass is 604 g/mol. The largest absolute Gasteiger partial charge is 0.494 e. The summed E-state index contributed by atoms with van der Waals surface area (Å²) in [5, 5.41) is 13.2. The van der Waals surface area contributed by atoms with Crippen LogP contribution in [-0.2, 0) is 9.53 Å². The number of alkyl carbamates (subject to hydrolysis) is 1. The first-order valence-electron chi connectivity index (χ1n) is 15.4. The maximum absolute atomic E-state index is 13.8. The lowest BCUT2D eigenvalue weighted by molar-refractivity contribution is -0.140. The summed E-state index contributed by atoms with van der Waals surface area (Å²) in [5.41, 5.74) is 6.03. The summed E-state index contributed by atoms with van der Waals surface area (Å²) in [6.45, 7) is 3.04. The third kappa shape index (κ3) is 6.00. The average Bonchev–Trinajstić information content (AvgIpc) is 3.38. The summed E-state index contributed by atoms with van der Waals surface area (Å²) in [7, 11) is 0. The quantitative estimate of drug-likeness (QED) is 0.183. The lowest BCUT2D eigenvalue weighted by Crippen LogP contribution is -2.47. The Morgan fingerprint density at radius 3 is 2.04 bits per heavy atom. The molecule has 8 nitrogen and oxygen atoms in total. The lowest BCUT2D eigenvalue weighted by atomic mass is 9.79. The summed E-state index contributed by atoms with van der Waals surface area (Å²) in [5.74, 6) is -1.69. The number of amides is 2. The predicted octanol–water partition coefficient (Wildman–Crippen LogP) is 6.77. The van der Waals surface area contributed by atoms with E-state index in [9.17, 15) is 19.5 Å². The number of aliphatic carboxylic acids is 1. The van der Waals surface area contributed by atoms with Crippen molar-refractivity contribution in [2.75, 3.05) is 26.3 Å². The van der Waals surface area contributed by atoms with Crippen LogP contribution in [0.25, 0.3) is 11.1 Å². The number of nitrogens with zero attached hydrogens (tertiary/aromatic N) is 1. The van der Waals surface area contributed by atoms with Gasteiger partial charge in [0.25, 0.3) is 5.91 Å². The number of fused-ring (bicyclic) bond motifs is 4. The molecule has 0 bridgehead atoms. The normalized spacial score (nSPS) is 16.8. The van der Waals surface area contributed by atoms with Gasteiger partial charge in [0.05, 0.1) is 12.6 Å². The van der Waals surface area contributed by atoms with Gasteiger partial charge in [-0.3, -0.25) is 9.59 Å². The van der Waals surface area contributed by atoms with Crippen LogP contribution in [0.1, 0.15) is 70.3 Å². The molecule has 0 aromatic heterocycles. The predicted molar refractivity (Wildman–Crippen MR) is 171 cm³/mol. The Balaban J connectivity index is 1.16. The molecular formula is C37H36N2O6. The van der Waals surface area contributed by atoms with Crippen molar-refractivity contribution in [2.45, 2.75) is 37.6 Å². The minimum Gasteiger partial charge on any atom is -0.494 e. The van der Waals surface area contributed by atoms with Gasteiger partial charge >= 0.3 is 12.1 Å². The molecular weight excluding hydrogens is 568 g/mol. The molecule has 4 aromatic rings. The standard InChI is InChI=1S/C37H36N2O6/c1-2-3-22-44-25-18-16-24(17-19-25)34-33(36(41)42)30-14-8-9-15-31(30)35(40)39(34)21-20-38-37(43)45-23-32-28-12-6-4-10-26(28)27-11-5-7-13-29(27)32/h4-19,32-34H,2-3,20-23H2,1H3,(H,38,43)(H,41,42)/t33-,34+/m1/s1. The van der Waals surface area contributed by atoms with Crippen molar-refractivity contribution < 1.29 is 29.0 Å². The Morgan fingerprint density at radius 2 is 1.42 bits per heavy atom. The summed E-state index contributed by atoms with van der Waals surface area (Å²) >= 11 is 0. The summed E-state index contributed by atoms with van der Waals surface area (Å²) in [6, 6.07) is 29.6. The molecule has 0 saturated carbocycles. The lowest BCUT2D eigenvalue weighted by Gasteiger charge is -2.41. The highest BCUT2D eigenvalue weighted by Gasteiger charge is 2.44. The number of carbonyl (C=O) groups excluding carboxylic acids is 2. The molecule has 0 unspecified atom stereocenters. The summed E-state index contributed by atoms with van der Waals surface area (Å²) in [4.78, 5) is 40.9. The van der Waals surface area contributed by atoms with E-state index >= 15 is 0 Å². The van der Waals surface area contributed by atoms with E-state index in [1.165, 1.54) is 4.90 Å². The molecule has 1 aliphatic carbocycles. The first-order valence-corrected chi connectivity index (χ1v) is 15.4. The highest BCUT2D eigenvalue weighted by molar-refractivity contribution is 6.00. The molecule has 2 amide bonds. The molecule has 1 aliphatic heterocycles. The fraction of sp³-hybridized carbons (Fsp3) is 0.270. The molecule has 230 valence electrons. The molecule has 4 aromatic carbocycles. The first-order chi connectivity index (χ1) is 22.0. The van der Waals surface area contributed by atoms with E-state index in [0.717, 1.165) is 35.1 Å². The SMILES string of the molecule is CCCCOc1ccc([C@H]2[C@H](C(=O)O)c3ccccc3C(=O)N2CCNC(=O)OCC2c3ccccc3-c3ccccc32)cc1. The number of rotatable bonds is 11. The minimum atomic E-state index is -1.03. The van der Waals surface area contributed by atoms with Crippen LogP contribution in [0.3, 0.4) is 0 Å². The van der Waals surface area contributed by atoms with Gasteiger partial charge in [-0.05, 0) is 58.0 Å². The van der Waals surface area contributed by atoms with E-state index in [1.54, 1.807) is 24.3 Å². The Labute approximate surface area is 262 Å². The van der Waals surface area contributed by atoms with Gasteiger partial charge in [0.1, 0.15) is 18.3 Å². The number of nitrogens with one attached hydrogen (secondary N) is 1. The molecule has 0 spiro atoms. The van der Waals surface area contributed by atoms with Crippen molar-refractivity contribution in [1.82, 2.24) is 10.2 Å². The highest BCUT2D eigenvalue weighted by Crippen LogP contribution is 2.45. The Morgan fingerprint density at radius 1 is 0.822 bits per heavy atom. The number of hydrogen-bond donors (Lipinski definition) is 2. The molecule has 45 heavy (non-hydrogen) atoms. The van der Waals surface area contributed by atoms with Crippen molar-refractivity contribution in [3.8, 4) is 16.9 Å². The van der Waals surface area contributed by atoms with Crippen LogP contribution in [0.15, 0.2) is 97.1 Å². The topological polar surface area (TPSA) is 105 Å². The van der Waals surface area contributed by atoms with Gasteiger partial charge in [-0.15, -0.1) is 0 Å². The van der Waals surface area contributed by atoms with Gasteiger partial charge < -0.3 is 24.8 Å². The second kappa shape index (κ2) is 13.3. The molecule has 1 heterocycles. The summed E-state index contributed by atoms with van der Waals surface area (Å²) < 4.78 is 11.5. The number of carboxylic acids is 1. The van der Waals surface area contributed by atoms with E-state index in [1.807, 2.05) is 48.5 Å². The van der Waals surface area contributed by atoms with Gasteiger partial charge in [-0.1, -0.05) is 92.2 Å². The second-order valence-electron chi connectivity index (χ2n) is 11.4. The van der Waals surface area contributed by atoms with Gasteiger partial charge in [-0.2, -0.15) is 0 Å². The van der Waals surface area contributed by atoms with Gasteiger partial charge in [0.2, 0.25) is 0 Å². The zero-order chi connectivity index (χ0) is 31.3. The van der Waals surface area contributed by atoms with Crippen molar-refractivity contribution in [1.29, 1.82) is 0 Å². The third-order valence-corrected chi connectivity index (χ3v) is 8.66. The minimum absolute atomic E-state index is 0.0713. The van der Waals surface area contributed by atoms with E-state index in [0.29, 0.717) is 29.0 Å². The van der Waals surface area contributed by atoms with Crippen LogP contribution in [0, 0.1) is 0 Å². The van der Waals surface area contributed by atoms with Crippen LogP contribution in [0.4, 0.5) is 4.79 Å².